The van der Waals surface area contributed by atoms with Crippen LogP contribution in [0.1, 0.15) is 0 Å². The zero-order valence-corrected chi connectivity index (χ0v) is 11.8. The predicted octanol–water partition coefficient (Wildman–Crippen LogP) is 3.72. The topological polar surface area (TPSA) is 43.8 Å². The van der Waals surface area contributed by atoms with Crippen LogP contribution in [0.15, 0.2) is 40.9 Å². The Labute approximate surface area is 118 Å². The van der Waals surface area contributed by atoms with E-state index in [1.54, 1.807) is 12.1 Å². The van der Waals surface area contributed by atoms with Crippen LogP contribution in [0.2, 0.25) is 0 Å². The minimum atomic E-state index is -0.425. The maximum Gasteiger partial charge on any atom is 0.146 e. The summed E-state index contributed by atoms with van der Waals surface area (Å²) in [5.41, 5.74) is 8.21. The summed E-state index contributed by atoms with van der Waals surface area (Å²) in [7, 11) is 1.91. The van der Waals surface area contributed by atoms with E-state index in [9.17, 15) is 4.39 Å². The normalized spacial score (nSPS) is 11.1. The van der Waals surface area contributed by atoms with Crippen LogP contribution in [0, 0.1) is 5.82 Å². The Morgan fingerprint density at radius 3 is 2.74 bits per heavy atom. The number of benzene rings is 2. The molecule has 3 nitrogen and oxygen atoms in total. The molecule has 0 spiro atoms. The van der Waals surface area contributed by atoms with E-state index in [-0.39, 0.29) is 5.69 Å². The van der Waals surface area contributed by atoms with Crippen LogP contribution in [-0.4, -0.2) is 9.55 Å². The number of fused-ring (bicyclic) bond motifs is 1. The standard InChI is InChI=1S/C14H11BrFN3/c1-19-13-5-3-9(15)7-12(13)18-14(19)8-2-4-11(17)10(16)6-8/h2-7H,17H2,1H3. The van der Waals surface area contributed by atoms with Crippen molar-refractivity contribution in [3.05, 3.63) is 46.7 Å². The van der Waals surface area contributed by atoms with Gasteiger partial charge in [-0.25, -0.2) is 9.37 Å². The number of nitrogens with two attached hydrogens (primary N) is 1. The van der Waals surface area contributed by atoms with Crippen LogP contribution in [0.5, 0.6) is 0 Å². The van der Waals surface area contributed by atoms with Gasteiger partial charge in [-0.2, -0.15) is 0 Å². The molecule has 0 atom stereocenters. The number of nitrogen functional groups attached to an aromatic ring is 1. The van der Waals surface area contributed by atoms with Crippen LogP contribution in [0.3, 0.4) is 0 Å². The molecule has 3 aromatic rings. The Balaban J connectivity index is 2.24. The molecule has 0 aliphatic heterocycles. The fourth-order valence-corrected chi connectivity index (χ4v) is 2.45. The highest BCUT2D eigenvalue weighted by Gasteiger charge is 2.11. The van der Waals surface area contributed by atoms with E-state index < -0.39 is 5.82 Å². The third-order valence-corrected chi connectivity index (χ3v) is 3.59. The first-order valence-electron chi connectivity index (χ1n) is 5.73. The summed E-state index contributed by atoms with van der Waals surface area (Å²) >= 11 is 3.42. The number of nitrogens with zero attached hydrogens (tertiary/aromatic N) is 2. The molecule has 1 aromatic heterocycles. The van der Waals surface area contributed by atoms with E-state index in [2.05, 4.69) is 20.9 Å². The summed E-state index contributed by atoms with van der Waals surface area (Å²) in [5.74, 6) is 0.290. The van der Waals surface area contributed by atoms with Crippen LogP contribution < -0.4 is 5.73 Å². The number of imidazole rings is 1. The van der Waals surface area contributed by atoms with Gasteiger partial charge in [0.25, 0.3) is 0 Å². The number of anilines is 1. The largest absolute Gasteiger partial charge is 0.396 e. The minimum Gasteiger partial charge on any atom is -0.396 e. The Bertz CT molecular complexity index is 780. The molecule has 0 aliphatic rings. The van der Waals surface area contributed by atoms with Crippen molar-refractivity contribution in [2.24, 2.45) is 7.05 Å². The number of aryl methyl sites for hydroxylation is 1. The van der Waals surface area contributed by atoms with Gasteiger partial charge in [0, 0.05) is 17.1 Å². The second-order valence-corrected chi connectivity index (χ2v) is 5.28. The number of aromatic nitrogens is 2. The van der Waals surface area contributed by atoms with Crippen molar-refractivity contribution in [2.75, 3.05) is 5.73 Å². The number of hydrogen-bond acceptors (Lipinski definition) is 2. The van der Waals surface area contributed by atoms with Crippen LogP contribution in [0.4, 0.5) is 10.1 Å². The first-order chi connectivity index (χ1) is 9.06. The number of hydrogen-bond donors (Lipinski definition) is 1. The molecule has 0 saturated heterocycles. The lowest BCUT2D eigenvalue weighted by molar-refractivity contribution is 0.633. The molecule has 3 rings (SSSR count). The van der Waals surface area contributed by atoms with Crippen LogP contribution >= 0.6 is 15.9 Å². The molecule has 2 N–H and O–H groups in total. The summed E-state index contributed by atoms with van der Waals surface area (Å²) in [5, 5.41) is 0. The Kier molecular flexibility index (Phi) is 2.78. The van der Waals surface area contributed by atoms with Gasteiger partial charge >= 0.3 is 0 Å². The Morgan fingerprint density at radius 1 is 1.21 bits per heavy atom. The monoisotopic (exact) mass is 319 g/mol. The highest BCUT2D eigenvalue weighted by Crippen LogP contribution is 2.27. The molecule has 0 fully saturated rings. The second-order valence-electron chi connectivity index (χ2n) is 4.36. The smallest absolute Gasteiger partial charge is 0.146 e. The van der Waals surface area contributed by atoms with E-state index in [1.165, 1.54) is 6.07 Å². The highest BCUT2D eigenvalue weighted by molar-refractivity contribution is 9.10. The van der Waals surface area contributed by atoms with Gasteiger partial charge in [-0.05, 0) is 36.4 Å². The lowest BCUT2D eigenvalue weighted by atomic mass is 10.2. The van der Waals surface area contributed by atoms with Gasteiger partial charge in [-0.15, -0.1) is 0 Å². The summed E-state index contributed by atoms with van der Waals surface area (Å²) in [4.78, 5) is 4.54. The zero-order chi connectivity index (χ0) is 13.6. The molecule has 0 amide bonds. The Morgan fingerprint density at radius 2 is 2.00 bits per heavy atom. The molecule has 96 valence electrons. The summed E-state index contributed by atoms with van der Waals surface area (Å²) in [6, 6.07) is 10.6. The minimum absolute atomic E-state index is 0.144. The first-order valence-corrected chi connectivity index (χ1v) is 6.53. The van der Waals surface area contributed by atoms with Gasteiger partial charge in [-0.3, -0.25) is 0 Å². The molecule has 0 radical (unpaired) electrons. The van der Waals surface area contributed by atoms with E-state index >= 15 is 0 Å². The molecular formula is C14H11BrFN3. The highest BCUT2D eigenvalue weighted by atomic mass is 79.9. The third-order valence-electron chi connectivity index (χ3n) is 3.10. The van der Waals surface area contributed by atoms with Crippen molar-refractivity contribution in [1.82, 2.24) is 9.55 Å². The van der Waals surface area contributed by atoms with Gasteiger partial charge in [-0.1, -0.05) is 15.9 Å². The van der Waals surface area contributed by atoms with Gasteiger partial charge in [0.05, 0.1) is 16.7 Å². The summed E-state index contributed by atoms with van der Waals surface area (Å²) in [6.07, 6.45) is 0. The van der Waals surface area contributed by atoms with Crippen molar-refractivity contribution in [2.45, 2.75) is 0 Å². The van der Waals surface area contributed by atoms with Gasteiger partial charge in [0.1, 0.15) is 11.6 Å². The fraction of sp³-hybridized carbons (Fsp3) is 0.0714. The molecule has 1 heterocycles. The maximum absolute atomic E-state index is 13.5. The van der Waals surface area contributed by atoms with Crippen molar-refractivity contribution in [1.29, 1.82) is 0 Å². The molecule has 19 heavy (non-hydrogen) atoms. The predicted molar refractivity (Wildman–Crippen MR) is 78.2 cm³/mol. The van der Waals surface area contributed by atoms with Gasteiger partial charge in [0.15, 0.2) is 0 Å². The van der Waals surface area contributed by atoms with Crippen molar-refractivity contribution in [3.8, 4) is 11.4 Å². The van der Waals surface area contributed by atoms with E-state index in [1.807, 2.05) is 29.8 Å². The lowest BCUT2D eigenvalue weighted by Crippen LogP contribution is -1.95. The Hall–Kier alpha value is -1.88. The van der Waals surface area contributed by atoms with Crippen LogP contribution in [-0.2, 0) is 7.05 Å². The average Bonchev–Trinajstić information content (AvgIpc) is 2.70. The van der Waals surface area contributed by atoms with E-state index in [0.29, 0.717) is 11.4 Å². The van der Waals surface area contributed by atoms with Crippen molar-refractivity contribution >= 4 is 32.7 Å². The summed E-state index contributed by atoms with van der Waals surface area (Å²) in [6.45, 7) is 0. The van der Waals surface area contributed by atoms with E-state index in [4.69, 9.17) is 5.73 Å². The van der Waals surface area contributed by atoms with Gasteiger partial charge in [0.2, 0.25) is 0 Å². The van der Waals surface area contributed by atoms with Crippen molar-refractivity contribution < 1.29 is 4.39 Å². The summed E-state index contributed by atoms with van der Waals surface area (Å²) < 4.78 is 16.4. The molecular weight excluding hydrogens is 309 g/mol. The SMILES string of the molecule is Cn1c(-c2ccc(N)c(F)c2)nc2cc(Br)ccc21. The van der Waals surface area contributed by atoms with E-state index in [0.717, 1.165) is 15.5 Å². The van der Waals surface area contributed by atoms with Gasteiger partial charge < -0.3 is 10.3 Å². The number of halogens is 2. The quantitative estimate of drug-likeness (QED) is 0.695. The fourth-order valence-electron chi connectivity index (χ4n) is 2.10. The third kappa shape index (κ3) is 2.00. The lowest BCUT2D eigenvalue weighted by Gasteiger charge is -2.04. The van der Waals surface area contributed by atoms with Crippen LogP contribution in [0.25, 0.3) is 22.4 Å². The zero-order valence-electron chi connectivity index (χ0n) is 10.2. The number of rotatable bonds is 1. The molecule has 0 bridgehead atoms. The maximum atomic E-state index is 13.5. The molecule has 0 unspecified atom stereocenters. The molecule has 5 heteroatoms. The second kappa shape index (κ2) is 4.35. The van der Waals surface area contributed by atoms with Crippen molar-refractivity contribution in [3.63, 3.8) is 0 Å². The molecule has 0 saturated carbocycles. The first kappa shape index (κ1) is 12.2. The molecule has 2 aromatic carbocycles. The average molecular weight is 320 g/mol. The molecule has 0 aliphatic carbocycles.